The summed E-state index contributed by atoms with van der Waals surface area (Å²) in [7, 11) is 0. The van der Waals surface area contributed by atoms with E-state index in [9.17, 15) is 4.79 Å². The molecule has 1 amide bonds. The lowest BCUT2D eigenvalue weighted by Gasteiger charge is -2.21. The van der Waals surface area contributed by atoms with Gasteiger partial charge in [-0.2, -0.15) is 0 Å². The second kappa shape index (κ2) is 5.11. The highest BCUT2D eigenvalue weighted by atomic mass is 16.1. The molecule has 0 atom stereocenters. The highest BCUT2D eigenvalue weighted by Crippen LogP contribution is 2.16. The molecule has 1 aromatic carbocycles. The van der Waals surface area contributed by atoms with Crippen LogP contribution in [0.1, 0.15) is 37.5 Å². The first-order valence-electron chi connectivity index (χ1n) is 6.56. The first-order chi connectivity index (χ1) is 8.44. The van der Waals surface area contributed by atoms with Gasteiger partial charge in [0.15, 0.2) is 0 Å². The predicted octanol–water partition coefficient (Wildman–Crippen LogP) is 1.79. The zero-order valence-corrected chi connectivity index (χ0v) is 11.5. The molecule has 98 valence electrons. The lowest BCUT2D eigenvalue weighted by Crippen LogP contribution is -2.41. The summed E-state index contributed by atoms with van der Waals surface area (Å²) < 4.78 is 0. The first kappa shape index (κ1) is 13.1. The van der Waals surface area contributed by atoms with Gasteiger partial charge < -0.3 is 10.6 Å². The van der Waals surface area contributed by atoms with Crippen molar-refractivity contribution in [3.63, 3.8) is 0 Å². The van der Waals surface area contributed by atoms with Crippen LogP contribution >= 0.6 is 0 Å². The molecule has 1 aliphatic heterocycles. The third kappa shape index (κ3) is 3.57. The standard InChI is InChI=1S/C15H22N2O/c1-15(2,3)17-14(18)9-11-4-5-12-6-7-16-10-13(12)8-11/h4-5,8,16H,6-7,9-10H2,1-3H3,(H,17,18). The molecule has 0 unspecified atom stereocenters. The largest absolute Gasteiger partial charge is 0.351 e. The van der Waals surface area contributed by atoms with Crippen LogP contribution in [0.25, 0.3) is 0 Å². The Labute approximate surface area is 109 Å². The summed E-state index contributed by atoms with van der Waals surface area (Å²) in [6, 6.07) is 6.39. The number of fused-ring (bicyclic) bond motifs is 1. The Hall–Kier alpha value is -1.35. The van der Waals surface area contributed by atoms with Gasteiger partial charge in [-0.3, -0.25) is 4.79 Å². The Balaban J connectivity index is 2.04. The van der Waals surface area contributed by atoms with Crippen LogP contribution in [0.4, 0.5) is 0 Å². The SMILES string of the molecule is CC(C)(C)NC(=O)Cc1ccc2c(c1)CNCC2. The quantitative estimate of drug-likeness (QED) is 0.835. The van der Waals surface area contributed by atoms with Gasteiger partial charge in [-0.25, -0.2) is 0 Å². The smallest absolute Gasteiger partial charge is 0.224 e. The molecule has 3 nitrogen and oxygen atoms in total. The number of benzene rings is 1. The fourth-order valence-corrected chi connectivity index (χ4v) is 2.29. The number of carbonyl (C=O) groups is 1. The van der Waals surface area contributed by atoms with E-state index < -0.39 is 0 Å². The topological polar surface area (TPSA) is 41.1 Å². The lowest BCUT2D eigenvalue weighted by atomic mass is 9.97. The molecule has 1 aromatic rings. The molecular formula is C15H22N2O. The van der Waals surface area contributed by atoms with E-state index >= 15 is 0 Å². The maximum Gasteiger partial charge on any atom is 0.224 e. The Morgan fingerprint density at radius 2 is 2.11 bits per heavy atom. The second-order valence-electron chi connectivity index (χ2n) is 6.00. The fourth-order valence-electron chi connectivity index (χ4n) is 2.29. The zero-order chi connectivity index (χ0) is 13.2. The molecule has 2 N–H and O–H groups in total. The summed E-state index contributed by atoms with van der Waals surface area (Å²) in [5.74, 6) is 0.0891. The van der Waals surface area contributed by atoms with Gasteiger partial charge in [-0.1, -0.05) is 18.2 Å². The molecule has 0 saturated heterocycles. The average molecular weight is 246 g/mol. The van der Waals surface area contributed by atoms with E-state index in [1.807, 2.05) is 20.8 Å². The molecule has 2 rings (SSSR count). The van der Waals surface area contributed by atoms with E-state index in [4.69, 9.17) is 0 Å². The van der Waals surface area contributed by atoms with Crippen molar-refractivity contribution in [3.05, 3.63) is 34.9 Å². The van der Waals surface area contributed by atoms with Crippen LogP contribution in [-0.2, 0) is 24.2 Å². The Morgan fingerprint density at radius 3 is 2.83 bits per heavy atom. The van der Waals surface area contributed by atoms with Crippen molar-refractivity contribution < 1.29 is 4.79 Å². The van der Waals surface area contributed by atoms with Crippen molar-refractivity contribution in [2.45, 2.75) is 45.7 Å². The third-order valence-electron chi connectivity index (χ3n) is 3.04. The number of hydrogen-bond acceptors (Lipinski definition) is 2. The van der Waals surface area contributed by atoms with Crippen molar-refractivity contribution in [2.24, 2.45) is 0 Å². The van der Waals surface area contributed by atoms with E-state index in [0.717, 1.165) is 25.1 Å². The van der Waals surface area contributed by atoms with E-state index in [-0.39, 0.29) is 11.4 Å². The molecule has 0 aliphatic carbocycles. The monoisotopic (exact) mass is 246 g/mol. The maximum absolute atomic E-state index is 11.9. The molecule has 1 heterocycles. The fraction of sp³-hybridized carbons (Fsp3) is 0.533. The normalized spacial score (nSPS) is 15.1. The summed E-state index contributed by atoms with van der Waals surface area (Å²) in [5.41, 5.74) is 3.68. The van der Waals surface area contributed by atoms with E-state index in [1.165, 1.54) is 11.1 Å². The van der Waals surface area contributed by atoms with Crippen molar-refractivity contribution in [1.82, 2.24) is 10.6 Å². The van der Waals surface area contributed by atoms with Crippen LogP contribution in [0, 0.1) is 0 Å². The minimum Gasteiger partial charge on any atom is -0.351 e. The summed E-state index contributed by atoms with van der Waals surface area (Å²) in [4.78, 5) is 11.9. The van der Waals surface area contributed by atoms with Crippen molar-refractivity contribution in [3.8, 4) is 0 Å². The van der Waals surface area contributed by atoms with Gasteiger partial charge in [0.2, 0.25) is 5.91 Å². The molecule has 18 heavy (non-hydrogen) atoms. The first-order valence-corrected chi connectivity index (χ1v) is 6.56. The van der Waals surface area contributed by atoms with Crippen LogP contribution in [0.3, 0.4) is 0 Å². The van der Waals surface area contributed by atoms with E-state index in [0.29, 0.717) is 6.42 Å². The van der Waals surface area contributed by atoms with Gasteiger partial charge in [0.25, 0.3) is 0 Å². The molecular weight excluding hydrogens is 224 g/mol. The Kier molecular flexibility index (Phi) is 3.71. The van der Waals surface area contributed by atoms with Gasteiger partial charge >= 0.3 is 0 Å². The summed E-state index contributed by atoms with van der Waals surface area (Å²) in [6.45, 7) is 7.98. The summed E-state index contributed by atoms with van der Waals surface area (Å²) >= 11 is 0. The Bertz CT molecular complexity index is 446. The van der Waals surface area contributed by atoms with E-state index in [1.54, 1.807) is 0 Å². The summed E-state index contributed by atoms with van der Waals surface area (Å²) in [6.07, 6.45) is 1.55. The molecule has 1 aliphatic rings. The van der Waals surface area contributed by atoms with Gasteiger partial charge in [0.1, 0.15) is 0 Å². The van der Waals surface area contributed by atoms with Crippen molar-refractivity contribution in [2.75, 3.05) is 6.54 Å². The van der Waals surface area contributed by atoms with E-state index in [2.05, 4.69) is 28.8 Å². The molecule has 3 heteroatoms. The number of hydrogen-bond donors (Lipinski definition) is 2. The minimum atomic E-state index is -0.160. The van der Waals surface area contributed by atoms with Crippen LogP contribution in [0.2, 0.25) is 0 Å². The van der Waals surface area contributed by atoms with Crippen LogP contribution in [0.5, 0.6) is 0 Å². The van der Waals surface area contributed by atoms with Crippen molar-refractivity contribution >= 4 is 5.91 Å². The van der Waals surface area contributed by atoms with Crippen molar-refractivity contribution in [1.29, 1.82) is 0 Å². The zero-order valence-electron chi connectivity index (χ0n) is 11.5. The second-order valence-corrected chi connectivity index (χ2v) is 6.00. The number of amides is 1. The average Bonchev–Trinajstić information content (AvgIpc) is 2.26. The number of nitrogens with one attached hydrogen (secondary N) is 2. The third-order valence-corrected chi connectivity index (χ3v) is 3.04. The van der Waals surface area contributed by atoms with Gasteiger partial charge in [-0.15, -0.1) is 0 Å². The summed E-state index contributed by atoms with van der Waals surface area (Å²) in [5, 5.41) is 6.35. The van der Waals surface area contributed by atoms with Crippen LogP contribution in [-0.4, -0.2) is 18.0 Å². The highest BCUT2D eigenvalue weighted by Gasteiger charge is 2.15. The predicted molar refractivity (Wildman–Crippen MR) is 73.5 cm³/mol. The van der Waals surface area contributed by atoms with Gasteiger partial charge in [-0.05, 0) is 50.4 Å². The molecule has 0 spiro atoms. The number of rotatable bonds is 2. The van der Waals surface area contributed by atoms with Gasteiger partial charge in [0, 0.05) is 12.1 Å². The molecule has 0 saturated carbocycles. The Morgan fingerprint density at radius 1 is 1.33 bits per heavy atom. The number of carbonyl (C=O) groups excluding carboxylic acids is 1. The van der Waals surface area contributed by atoms with Crippen LogP contribution in [0.15, 0.2) is 18.2 Å². The van der Waals surface area contributed by atoms with Gasteiger partial charge in [0.05, 0.1) is 6.42 Å². The minimum absolute atomic E-state index is 0.0891. The van der Waals surface area contributed by atoms with Crippen LogP contribution < -0.4 is 10.6 Å². The highest BCUT2D eigenvalue weighted by molar-refractivity contribution is 5.79. The maximum atomic E-state index is 11.9. The molecule has 0 fully saturated rings. The molecule has 0 bridgehead atoms. The lowest BCUT2D eigenvalue weighted by molar-refractivity contribution is -0.121. The molecule has 0 aromatic heterocycles. The molecule has 0 radical (unpaired) electrons.